The first kappa shape index (κ1) is 14.1. The van der Waals surface area contributed by atoms with Crippen molar-refractivity contribution in [1.82, 2.24) is 5.32 Å². The Labute approximate surface area is 112 Å². The Balaban J connectivity index is 1.69. The maximum Gasteiger partial charge on any atom is 0.0468 e. The molecule has 2 heteroatoms. The minimum atomic E-state index is 0.372. The lowest BCUT2D eigenvalue weighted by molar-refractivity contribution is 0.0634. The summed E-state index contributed by atoms with van der Waals surface area (Å²) in [5.74, 6) is 0.929. The van der Waals surface area contributed by atoms with Crippen molar-refractivity contribution in [2.24, 2.45) is 11.3 Å². The second-order valence-electron chi connectivity index (χ2n) is 6.53. The van der Waals surface area contributed by atoms with Gasteiger partial charge in [-0.05, 0) is 56.4 Å². The molecule has 2 saturated heterocycles. The molecular weight excluding hydrogens is 222 g/mol. The van der Waals surface area contributed by atoms with Gasteiger partial charge < -0.3 is 10.1 Å². The van der Waals surface area contributed by atoms with Crippen molar-refractivity contribution in [3.05, 3.63) is 11.6 Å². The summed E-state index contributed by atoms with van der Waals surface area (Å²) in [6, 6.07) is 0. The molecule has 0 spiro atoms. The lowest BCUT2D eigenvalue weighted by Gasteiger charge is -2.33. The molecule has 2 fully saturated rings. The SMILES string of the molecule is CC1(C)CNCCC1=CCCCC1CCOCC1. The smallest absolute Gasteiger partial charge is 0.0468 e. The zero-order valence-corrected chi connectivity index (χ0v) is 12.1. The lowest BCUT2D eigenvalue weighted by Crippen LogP contribution is -2.37. The highest BCUT2D eigenvalue weighted by atomic mass is 16.5. The molecule has 2 aliphatic heterocycles. The van der Waals surface area contributed by atoms with E-state index in [2.05, 4.69) is 25.2 Å². The summed E-state index contributed by atoms with van der Waals surface area (Å²) < 4.78 is 5.41. The minimum Gasteiger partial charge on any atom is -0.381 e. The van der Waals surface area contributed by atoms with Gasteiger partial charge in [-0.25, -0.2) is 0 Å². The molecular formula is C16H29NO. The van der Waals surface area contributed by atoms with Crippen LogP contribution in [0, 0.1) is 11.3 Å². The van der Waals surface area contributed by atoms with E-state index in [1.54, 1.807) is 5.57 Å². The first-order valence-electron chi connectivity index (χ1n) is 7.66. The van der Waals surface area contributed by atoms with Crippen molar-refractivity contribution >= 4 is 0 Å². The standard InChI is InChI=1S/C16H29NO/c1-16(2)13-17-10-7-15(16)6-4-3-5-14-8-11-18-12-9-14/h6,14,17H,3-5,7-13H2,1-2H3. The predicted octanol–water partition coefficient (Wildman–Crippen LogP) is 3.53. The largest absolute Gasteiger partial charge is 0.381 e. The predicted molar refractivity (Wildman–Crippen MR) is 76.7 cm³/mol. The summed E-state index contributed by atoms with van der Waals surface area (Å²) in [5.41, 5.74) is 2.05. The number of unbranched alkanes of at least 4 members (excludes halogenated alkanes) is 1. The van der Waals surface area contributed by atoms with Gasteiger partial charge in [-0.2, -0.15) is 0 Å². The van der Waals surface area contributed by atoms with Crippen LogP contribution < -0.4 is 5.32 Å². The molecule has 0 aromatic carbocycles. The van der Waals surface area contributed by atoms with E-state index in [4.69, 9.17) is 4.74 Å². The molecule has 2 heterocycles. The van der Waals surface area contributed by atoms with E-state index in [0.717, 1.165) is 32.2 Å². The fourth-order valence-corrected chi connectivity index (χ4v) is 3.17. The molecule has 0 aliphatic carbocycles. The summed E-state index contributed by atoms with van der Waals surface area (Å²) in [6.45, 7) is 9.01. The highest BCUT2D eigenvalue weighted by Crippen LogP contribution is 2.31. The highest BCUT2D eigenvalue weighted by Gasteiger charge is 2.25. The van der Waals surface area contributed by atoms with Crippen LogP contribution in [0.1, 0.15) is 52.4 Å². The molecule has 18 heavy (non-hydrogen) atoms. The van der Waals surface area contributed by atoms with Crippen molar-refractivity contribution in [3.63, 3.8) is 0 Å². The monoisotopic (exact) mass is 251 g/mol. The van der Waals surface area contributed by atoms with Crippen molar-refractivity contribution in [2.75, 3.05) is 26.3 Å². The van der Waals surface area contributed by atoms with E-state index in [1.807, 2.05) is 0 Å². The number of hydrogen-bond donors (Lipinski definition) is 1. The van der Waals surface area contributed by atoms with Gasteiger partial charge in [0.15, 0.2) is 0 Å². The van der Waals surface area contributed by atoms with E-state index in [0.29, 0.717) is 5.41 Å². The third kappa shape index (κ3) is 4.10. The number of piperidine rings is 1. The van der Waals surface area contributed by atoms with Gasteiger partial charge in [0.25, 0.3) is 0 Å². The molecule has 0 radical (unpaired) electrons. The second kappa shape index (κ2) is 6.72. The molecule has 0 aromatic heterocycles. The number of allylic oxidation sites excluding steroid dienone is 1. The minimum absolute atomic E-state index is 0.372. The molecule has 0 amide bonds. The van der Waals surface area contributed by atoms with Gasteiger partial charge in [0, 0.05) is 19.8 Å². The number of nitrogens with one attached hydrogen (secondary N) is 1. The first-order valence-corrected chi connectivity index (χ1v) is 7.66. The van der Waals surface area contributed by atoms with Gasteiger partial charge >= 0.3 is 0 Å². The van der Waals surface area contributed by atoms with Crippen LogP contribution in [0.2, 0.25) is 0 Å². The number of rotatable bonds is 4. The maximum absolute atomic E-state index is 5.41. The fourth-order valence-electron chi connectivity index (χ4n) is 3.17. The van der Waals surface area contributed by atoms with Crippen LogP contribution in [0.4, 0.5) is 0 Å². The van der Waals surface area contributed by atoms with Crippen LogP contribution in [0.25, 0.3) is 0 Å². The molecule has 104 valence electrons. The van der Waals surface area contributed by atoms with E-state index in [9.17, 15) is 0 Å². The molecule has 0 atom stereocenters. The average molecular weight is 251 g/mol. The van der Waals surface area contributed by atoms with E-state index >= 15 is 0 Å². The molecule has 0 bridgehead atoms. The van der Waals surface area contributed by atoms with Gasteiger partial charge in [0.2, 0.25) is 0 Å². The van der Waals surface area contributed by atoms with Crippen molar-refractivity contribution in [2.45, 2.75) is 52.4 Å². The van der Waals surface area contributed by atoms with Crippen LogP contribution >= 0.6 is 0 Å². The number of hydrogen-bond acceptors (Lipinski definition) is 2. The van der Waals surface area contributed by atoms with E-state index in [1.165, 1.54) is 38.5 Å². The summed E-state index contributed by atoms with van der Waals surface area (Å²) in [4.78, 5) is 0. The Morgan fingerprint density at radius 1 is 1.33 bits per heavy atom. The third-order valence-corrected chi connectivity index (χ3v) is 4.56. The summed E-state index contributed by atoms with van der Waals surface area (Å²) >= 11 is 0. The average Bonchev–Trinajstić information content (AvgIpc) is 2.37. The second-order valence-corrected chi connectivity index (χ2v) is 6.53. The van der Waals surface area contributed by atoms with Crippen molar-refractivity contribution in [3.8, 4) is 0 Å². The lowest BCUT2D eigenvalue weighted by atomic mass is 9.79. The van der Waals surface area contributed by atoms with Crippen LogP contribution in [-0.4, -0.2) is 26.3 Å². The molecule has 2 aliphatic rings. The Kier molecular flexibility index (Phi) is 5.25. The van der Waals surface area contributed by atoms with Crippen molar-refractivity contribution < 1.29 is 4.74 Å². The summed E-state index contributed by atoms with van der Waals surface area (Å²) in [7, 11) is 0. The van der Waals surface area contributed by atoms with Crippen LogP contribution in [-0.2, 0) is 4.74 Å². The number of ether oxygens (including phenoxy) is 1. The Morgan fingerprint density at radius 2 is 2.11 bits per heavy atom. The molecule has 0 saturated carbocycles. The third-order valence-electron chi connectivity index (χ3n) is 4.56. The van der Waals surface area contributed by atoms with Gasteiger partial charge in [-0.3, -0.25) is 0 Å². The molecule has 2 rings (SSSR count). The van der Waals surface area contributed by atoms with Gasteiger partial charge in [-0.1, -0.05) is 25.5 Å². The normalized spacial score (nSPS) is 27.6. The molecule has 0 unspecified atom stereocenters. The van der Waals surface area contributed by atoms with Crippen LogP contribution in [0.3, 0.4) is 0 Å². The fraction of sp³-hybridized carbons (Fsp3) is 0.875. The van der Waals surface area contributed by atoms with Crippen LogP contribution in [0.15, 0.2) is 11.6 Å². The van der Waals surface area contributed by atoms with Gasteiger partial charge in [0.05, 0.1) is 0 Å². The Bertz CT molecular complexity index is 277. The van der Waals surface area contributed by atoms with Gasteiger partial charge in [-0.15, -0.1) is 0 Å². The van der Waals surface area contributed by atoms with Gasteiger partial charge in [0.1, 0.15) is 0 Å². The topological polar surface area (TPSA) is 21.3 Å². The first-order chi connectivity index (χ1) is 8.68. The van der Waals surface area contributed by atoms with Crippen molar-refractivity contribution in [1.29, 1.82) is 0 Å². The van der Waals surface area contributed by atoms with E-state index < -0.39 is 0 Å². The molecule has 0 aromatic rings. The van der Waals surface area contributed by atoms with E-state index in [-0.39, 0.29) is 0 Å². The zero-order valence-electron chi connectivity index (χ0n) is 12.1. The molecule has 2 nitrogen and oxygen atoms in total. The highest BCUT2D eigenvalue weighted by molar-refractivity contribution is 5.15. The Hall–Kier alpha value is -0.340. The Morgan fingerprint density at radius 3 is 2.83 bits per heavy atom. The quantitative estimate of drug-likeness (QED) is 0.609. The summed E-state index contributed by atoms with van der Waals surface area (Å²) in [6.07, 6.45) is 10.4. The summed E-state index contributed by atoms with van der Waals surface area (Å²) in [5, 5.41) is 3.49. The maximum atomic E-state index is 5.41. The van der Waals surface area contributed by atoms with Crippen LogP contribution in [0.5, 0.6) is 0 Å². The molecule has 1 N–H and O–H groups in total. The zero-order chi connectivity index (χ0) is 12.8.